The van der Waals surface area contributed by atoms with Gasteiger partial charge >= 0.3 is 0 Å². The average Bonchev–Trinajstić information content (AvgIpc) is 2.90. The molecule has 3 N–H and O–H groups in total. The first kappa shape index (κ1) is 19.2. The number of nitrogens with zero attached hydrogens (tertiary/aromatic N) is 1. The molecular formula is C21H25N3O2S. The Morgan fingerprint density at radius 3 is 2.56 bits per heavy atom. The lowest BCUT2D eigenvalue weighted by molar-refractivity contribution is 0.103. The summed E-state index contributed by atoms with van der Waals surface area (Å²) < 4.78 is 5.42. The van der Waals surface area contributed by atoms with Gasteiger partial charge < -0.3 is 15.8 Å². The number of ether oxygens (including phenoxy) is 1. The Balaban J connectivity index is 2.02. The highest BCUT2D eigenvalue weighted by molar-refractivity contribution is 7.21. The molecule has 142 valence electrons. The number of nitrogen functional groups attached to an aromatic ring is 1. The molecule has 2 heterocycles. The molecule has 0 fully saturated rings. The Bertz CT molecular complexity index is 1030. The molecule has 0 aliphatic carbocycles. The minimum Gasteiger partial charge on any atom is -0.495 e. The van der Waals surface area contributed by atoms with E-state index in [9.17, 15) is 4.79 Å². The number of pyridine rings is 1. The van der Waals surface area contributed by atoms with Crippen LogP contribution in [0.5, 0.6) is 5.75 Å². The molecule has 0 saturated carbocycles. The Hall–Kier alpha value is -2.60. The summed E-state index contributed by atoms with van der Waals surface area (Å²) in [6, 6.07) is 7.81. The predicted molar refractivity (Wildman–Crippen MR) is 113 cm³/mol. The molecule has 0 saturated heterocycles. The first-order valence-electron chi connectivity index (χ1n) is 8.78. The third-order valence-corrected chi connectivity index (χ3v) is 5.64. The first-order chi connectivity index (χ1) is 12.6. The lowest BCUT2D eigenvalue weighted by atomic mass is 9.87. The number of thiophene rings is 1. The van der Waals surface area contributed by atoms with E-state index in [-0.39, 0.29) is 11.3 Å². The van der Waals surface area contributed by atoms with Gasteiger partial charge in [-0.2, -0.15) is 0 Å². The van der Waals surface area contributed by atoms with Crippen LogP contribution in [-0.2, 0) is 5.41 Å². The number of carbonyl (C=O) groups excluding carboxylic acids is 1. The van der Waals surface area contributed by atoms with E-state index in [1.807, 2.05) is 38.1 Å². The fourth-order valence-corrected chi connectivity index (χ4v) is 4.20. The van der Waals surface area contributed by atoms with Gasteiger partial charge in [0, 0.05) is 11.1 Å². The van der Waals surface area contributed by atoms with Gasteiger partial charge in [-0.25, -0.2) is 4.98 Å². The largest absolute Gasteiger partial charge is 0.495 e. The van der Waals surface area contributed by atoms with Crippen LogP contribution < -0.4 is 15.8 Å². The quantitative estimate of drug-likeness (QED) is 0.663. The molecule has 0 aliphatic rings. The van der Waals surface area contributed by atoms with Crippen molar-refractivity contribution in [2.45, 2.75) is 40.0 Å². The molecule has 0 aliphatic heterocycles. The molecule has 3 rings (SSSR count). The number of amides is 1. The van der Waals surface area contributed by atoms with Crippen LogP contribution in [0.4, 0.5) is 11.4 Å². The van der Waals surface area contributed by atoms with E-state index in [1.165, 1.54) is 11.3 Å². The van der Waals surface area contributed by atoms with E-state index >= 15 is 0 Å². The minimum atomic E-state index is -0.253. The highest BCUT2D eigenvalue weighted by Crippen LogP contribution is 2.37. The van der Waals surface area contributed by atoms with Gasteiger partial charge in [0.15, 0.2) is 0 Å². The van der Waals surface area contributed by atoms with Gasteiger partial charge in [0.1, 0.15) is 15.5 Å². The van der Waals surface area contributed by atoms with Gasteiger partial charge in [0.05, 0.1) is 18.5 Å². The summed E-state index contributed by atoms with van der Waals surface area (Å²) in [6.45, 7) is 10.3. The number of hydrogen-bond donors (Lipinski definition) is 2. The Kier molecular flexibility index (Phi) is 4.86. The fraction of sp³-hybridized carbons (Fsp3) is 0.333. The molecule has 0 unspecified atom stereocenters. The number of rotatable bonds is 3. The zero-order valence-electron chi connectivity index (χ0n) is 16.6. The van der Waals surface area contributed by atoms with Gasteiger partial charge in [-0.3, -0.25) is 4.79 Å². The van der Waals surface area contributed by atoms with E-state index in [2.05, 4.69) is 31.1 Å². The van der Waals surface area contributed by atoms with Crippen LogP contribution in [0.2, 0.25) is 0 Å². The van der Waals surface area contributed by atoms with Crippen LogP contribution in [0.25, 0.3) is 10.2 Å². The zero-order valence-corrected chi connectivity index (χ0v) is 17.4. The monoisotopic (exact) mass is 383 g/mol. The summed E-state index contributed by atoms with van der Waals surface area (Å²) in [5.74, 6) is 0.359. The maximum atomic E-state index is 13.0. The molecule has 0 bridgehead atoms. The molecule has 1 aromatic carbocycles. The third kappa shape index (κ3) is 3.62. The van der Waals surface area contributed by atoms with Crippen LogP contribution >= 0.6 is 11.3 Å². The number of benzene rings is 1. The number of anilines is 2. The number of fused-ring (bicyclic) bond motifs is 1. The third-order valence-electron chi connectivity index (χ3n) is 4.54. The summed E-state index contributed by atoms with van der Waals surface area (Å²) in [4.78, 5) is 18.7. The van der Waals surface area contributed by atoms with Crippen LogP contribution in [0.3, 0.4) is 0 Å². The standard InChI is InChI=1S/C21H25N3O2S/c1-11-9-12(2)23-20-16(11)17(22)18(27-20)19(25)24-14-10-13(21(3,4)5)7-8-15(14)26-6/h7-10H,22H2,1-6H3,(H,24,25). The maximum absolute atomic E-state index is 13.0. The van der Waals surface area contributed by atoms with Crippen molar-refractivity contribution in [1.29, 1.82) is 0 Å². The highest BCUT2D eigenvalue weighted by atomic mass is 32.1. The van der Waals surface area contributed by atoms with Crippen molar-refractivity contribution in [3.63, 3.8) is 0 Å². The van der Waals surface area contributed by atoms with Crippen molar-refractivity contribution < 1.29 is 9.53 Å². The van der Waals surface area contributed by atoms with Gasteiger partial charge in [-0.1, -0.05) is 26.8 Å². The summed E-state index contributed by atoms with van der Waals surface area (Å²) >= 11 is 1.31. The Labute approximate surface area is 163 Å². The van der Waals surface area contributed by atoms with E-state index in [4.69, 9.17) is 10.5 Å². The molecule has 0 radical (unpaired) electrons. The van der Waals surface area contributed by atoms with Crippen molar-refractivity contribution in [2.75, 3.05) is 18.2 Å². The first-order valence-corrected chi connectivity index (χ1v) is 9.59. The van der Waals surface area contributed by atoms with Crippen molar-refractivity contribution in [3.05, 3.63) is 46.0 Å². The number of hydrogen-bond acceptors (Lipinski definition) is 5. The van der Waals surface area contributed by atoms with E-state index in [1.54, 1.807) is 7.11 Å². The molecule has 27 heavy (non-hydrogen) atoms. The molecule has 0 atom stereocenters. The number of nitrogens with one attached hydrogen (secondary N) is 1. The van der Waals surface area contributed by atoms with Gasteiger partial charge in [-0.05, 0) is 48.6 Å². The second-order valence-corrected chi connectivity index (χ2v) is 8.72. The predicted octanol–water partition coefficient (Wildman–Crippen LogP) is 5.05. The number of aromatic nitrogens is 1. The summed E-state index contributed by atoms with van der Waals surface area (Å²) in [5, 5.41) is 3.82. The summed E-state index contributed by atoms with van der Waals surface area (Å²) in [6.07, 6.45) is 0. The fourth-order valence-electron chi connectivity index (χ4n) is 3.09. The van der Waals surface area contributed by atoms with Crippen molar-refractivity contribution in [2.24, 2.45) is 0 Å². The second kappa shape index (κ2) is 6.85. The van der Waals surface area contributed by atoms with Crippen LogP contribution in [0.15, 0.2) is 24.3 Å². The Morgan fingerprint density at radius 2 is 1.93 bits per heavy atom. The number of aryl methyl sites for hydroxylation is 2. The van der Waals surface area contributed by atoms with Gasteiger partial charge in [0.25, 0.3) is 5.91 Å². The van der Waals surface area contributed by atoms with Crippen molar-refractivity contribution in [3.8, 4) is 5.75 Å². The van der Waals surface area contributed by atoms with E-state index in [0.717, 1.165) is 27.0 Å². The second-order valence-electron chi connectivity index (χ2n) is 7.72. The number of methoxy groups -OCH3 is 1. The minimum absolute atomic E-state index is 0.0407. The molecule has 0 spiro atoms. The maximum Gasteiger partial charge on any atom is 0.268 e. The molecule has 3 aromatic rings. The Morgan fingerprint density at radius 1 is 1.22 bits per heavy atom. The lowest BCUT2D eigenvalue weighted by Crippen LogP contribution is -2.15. The highest BCUT2D eigenvalue weighted by Gasteiger charge is 2.21. The number of nitrogens with two attached hydrogens (primary N) is 1. The molecule has 6 heteroatoms. The van der Waals surface area contributed by atoms with Gasteiger partial charge in [0.2, 0.25) is 0 Å². The van der Waals surface area contributed by atoms with Crippen molar-refractivity contribution in [1.82, 2.24) is 4.98 Å². The molecule has 2 aromatic heterocycles. The smallest absolute Gasteiger partial charge is 0.268 e. The van der Waals surface area contributed by atoms with Gasteiger partial charge in [-0.15, -0.1) is 11.3 Å². The molecule has 5 nitrogen and oxygen atoms in total. The molecular weight excluding hydrogens is 358 g/mol. The number of carbonyl (C=O) groups is 1. The normalized spacial score (nSPS) is 11.6. The van der Waals surface area contributed by atoms with Crippen LogP contribution in [0.1, 0.15) is 47.3 Å². The SMILES string of the molecule is COc1ccc(C(C)(C)C)cc1NC(=O)c1sc2nc(C)cc(C)c2c1N. The van der Waals surface area contributed by atoms with Crippen LogP contribution in [0, 0.1) is 13.8 Å². The summed E-state index contributed by atoms with van der Waals surface area (Å²) in [5.41, 5.74) is 10.4. The average molecular weight is 384 g/mol. The lowest BCUT2D eigenvalue weighted by Gasteiger charge is -2.21. The summed E-state index contributed by atoms with van der Waals surface area (Å²) in [7, 11) is 1.59. The van der Waals surface area contributed by atoms with Crippen molar-refractivity contribution >= 4 is 38.8 Å². The van der Waals surface area contributed by atoms with E-state index in [0.29, 0.717) is 22.0 Å². The topological polar surface area (TPSA) is 77.2 Å². The van der Waals surface area contributed by atoms with Crippen LogP contribution in [-0.4, -0.2) is 18.0 Å². The zero-order chi connectivity index (χ0) is 19.9. The van der Waals surface area contributed by atoms with E-state index < -0.39 is 0 Å². The molecule has 1 amide bonds.